The Morgan fingerprint density at radius 1 is 0.897 bits per heavy atom. The van der Waals surface area contributed by atoms with Crippen LogP contribution in [0, 0.1) is 13.8 Å². The fourth-order valence-corrected chi connectivity index (χ4v) is 2.64. The molecule has 0 saturated carbocycles. The number of aryl methyl sites for hydroxylation is 1. The number of para-hydroxylation sites is 1. The number of carbonyl (C=O) groups is 3. The molecule has 0 bridgehead atoms. The first-order valence-electron chi connectivity index (χ1n) is 8.93. The highest BCUT2D eigenvalue weighted by molar-refractivity contribution is 6.07. The van der Waals surface area contributed by atoms with Gasteiger partial charge in [0.2, 0.25) is 0 Å². The molecule has 0 radical (unpaired) electrons. The molecule has 0 aliphatic rings. The van der Waals surface area contributed by atoms with Crippen LogP contribution < -0.4 is 10.6 Å². The molecular formula is C22H20N2O5. The lowest BCUT2D eigenvalue weighted by Gasteiger charge is -2.12. The van der Waals surface area contributed by atoms with E-state index in [1.807, 2.05) is 26.0 Å². The fourth-order valence-electron chi connectivity index (χ4n) is 2.64. The molecule has 2 aromatic carbocycles. The summed E-state index contributed by atoms with van der Waals surface area (Å²) in [6.45, 7) is 3.39. The summed E-state index contributed by atoms with van der Waals surface area (Å²) in [4.78, 5) is 36.8. The van der Waals surface area contributed by atoms with E-state index in [0.717, 1.165) is 11.1 Å². The van der Waals surface area contributed by atoms with Crippen LogP contribution in [0.3, 0.4) is 0 Å². The van der Waals surface area contributed by atoms with Gasteiger partial charge in [-0.15, -0.1) is 0 Å². The summed E-state index contributed by atoms with van der Waals surface area (Å²) < 4.78 is 10.2. The van der Waals surface area contributed by atoms with Crippen LogP contribution in [0.25, 0.3) is 0 Å². The van der Waals surface area contributed by atoms with Crippen LogP contribution in [-0.4, -0.2) is 24.4 Å². The molecule has 0 fully saturated rings. The third kappa shape index (κ3) is 4.90. The Morgan fingerprint density at radius 3 is 2.41 bits per heavy atom. The lowest BCUT2D eigenvalue weighted by atomic mass is 10.1. The molecule has 1 heterocycles. The monoisotopic (exact) mass is 392 g/mol. The van der Waals surface area contributed by atoms with Crippen LogP contribution in [0.4, 0.5) is 11.4 Å². The van der Waals surface area contributed by atoms with Crippen LogP contribution >= 0.6 is 0 Å². The normalized spacial score (nSPS) is 10.3. The highest BCUT2D eigenvalue weighted by Gasteiger charge is 2.17. The molecule has 0 aliphatic heterocycles. The van der Waals surface area contributed by atoms with Gasteiger partial charge < -0.3 is 19.8 Å². The van der Waals surface area contributed by atoms with Gasteiger partial charge in [-0.05, 0) is 55.3 Å². The van der Waals surface area contributed by atoms with Crippen molar-refractivity contribution >= 4 is 29.2 Å². The molecule has 2 N–H and O–H groups in total. The van der Waals surface area contributed by atoms with Gasteiger partial charge in [-0.1, -0.05) is 24.3 Å². The van der Waals surface area contributed by atoms with E-state index < -0.39 is 24.4 Å². The summed E-state index contributed by atoms with van der Waals surface area (Å²) in [6, 6.07) is 15.0. The minimum Gasteiger partial charge on any atom is -0.459 e. The van der Waals surface area contributed by atoms with Crippen LogP contribution in [-0.2, 0) is 9.53 Å². The SMILES string of the molecule is Cc1cccc(NC(=O)COC(=O)c2ccccc2NC(=O)c2ccco2)c1C. The smallest absolute Gasteiger partial charge is 0.340 e. The van der Waals surface area contributed by atoms with Crippen molar-refractivity contribution in [3.63, 3.8) is 0 Å². The molecule has 0 atom stereocenters. The van der Waals surface area contributed by atoms with Gasteiger partial charge in [0.05, 0.1) is 17.5 Å². The third-order valence-corrected chi connectivity index (χ3v) is 4.35. The first-order chi connectivity index (χ1) is 14.0. The Bertz CT molecular complexity index is 1040. The third-order valence-electron chi connectivity index (χ3n) is 4.35. The number of carbonyl (C=O) groups excluding carboxylic acids is 3. The number of nitrogens with one attached hydrogen (secondary N) is 2. The number of rotatable bonds is 6. The molecular weight excluding hydrogens is 372 g/mol. The van der Waals surface area contributed by atoms with Crippen LogP contribution in [0.1, 0.15) is 32.0 Å². The van der Waals surface area contributed by atoms with Gasteiger partial charge in [0.25, 0.3) is 11.8 Å². The lowest BCUT2D eigenvalue weighted by molar-refractivity contribution is -0.119. The number of furan rings is 1. The van der Waals surface area contributed by atoms with E-state index in [0.29, 0.717) is 5.69 Å². The van der Waals surface area contributed by atoms with E-state index in [9.17, 15) is 14.4 Å². The molecule has 0 unspecified atom stereocenters. The van der Waals surface area contributed by atoms with Gasteiger partial charge in [-0.2, -0.15) is 0 Å². The van der Waals surface area contributed by atoms with Gasteiger partial charge in [0.15, 0.2) is 12.4 Å². The van der Waals surface area contributed by atoms with E-state index in [4.69, 9.17) is 9.15 Å². The Labute approximate surface area is 167 Å². The average Bonchev–Trinajstić information content (AvgIpc) is 3.25. The topological polar surface area (TPSA) is 97.6 Å². The summed E-state index contributed by atoms with van der Waals surface area (Å²) in [6.07, 6.45) is 1.38. The molecule has 148 valence electrons. The Morgan fingerprint density at radius 2 is 1.66 bits per heavy atom. The molecule has 3 aromatic rings. The first-order valence-corrected chi connectivity index (χ1v) is 8.93. The zero-order valence-electron chi connectivity index (χ0n) is 16.0. The van der Waals surface area contributed by atoms with Gasteiger partial charge in [-0.3, -0.25) is 9.59 Å². The predicted molar refractivity (Wildman–Crippen MR) is 108 cm³/mol. The van der Waals surface area contributed by atoms with Crippen LogP contribution in [0.2, 0.25) is 0 Å². The standard InChI is InChI=1S/C22H20N2O5/c1-14-7-5-10-17(15(14)2)23-20(25)13-29-22(27)16-8-3-4-9-18(16)24-21(26)19-11-6-12-28-19/h3-12H,13H2,1-2H3,(H,23,25)(H,24,26). The van der Waals surface area contributed by atoms with Crippen molar-refractivity contribution in [3.8, 4) is 0 Å². The lowest BCUT2D eigenvalue weighted by Crippen LogP contribution is -2.22. The number of ether oxygens (including phenoxy) is 1. The van der Waals surface area contributed by atoms with E-state index in [2.05, 4.69) is 10.6 Å². The number of hydrogen-bond acceptors (Lipinski definition) is 5. The van der Waals surface area contributed by atoms with Crippen molar-refractivity contribution in [1.29, 1.82) is 0 Å². The summed E-state index contributed by atoms with van der Waals surface area (Å²) >= 11 is 0. The Hall–Kier alpha value is -3.87. The largest absolute Gasteiger partial charge is 0.459 e. The minimum atomic E-state index is -0.726. The van der Waals surface area contributed by atoms with Crippen molar-refractivity contribution in [1.82, 2.24) is 0 Å². The number of hydrogen-bond donors (Lipinski definition) is 2. The fraction of sp³-hybridized carbons (Fsp3) is 0.136. The molecule has 7 nitrogen and oxygen atoms in total. The Kier molecular flexibility index (Phi) is 6.09. The van der Waals surface area contributed by atoms with E-state index in [-0.39, 0.29) is 17.0 Å². The van der Waals surface area contributed by atoms with Gasteiger partial charge >= 0.3 is 5.97 Å². The second kappa shape index (κ2) is 8.88. The number of amides is 2. The molecule has 29 heavy (non-hydrogen) atoms. The van der Waals surface area contributed by atoms with Gasteiger partial charge in [-0.25, -0.2) is 4.79 Å². The Balaban J connectivity index is 1.63. The van der Waals surface area contributed by atoms with Crippen molar-refractivity contribution in [2.45, 2.75) is 13.8 Å². The predicted octanol–water partition coefficient (Wildman–Crippen LogP) is 3.94. The van der Waals surface area contributed by atoms with Crippen molar-refractivity contribution < 1.29 is 23.5 Å². The summed E-state index contributed by atoms with van der Waals surface area (Å²) in [5, 5.41) is 5.33. The zero-order chi connectivity index (χ0) is 20.8. The molecule has 7 heteroatoms. The highest BCUT2D eigenvalue weighted by Crippen LogP contribution is 2.19. The maximum atomic E-state index is 12.4. The van der Waals surface area contributed by atoms with Gasteiger partial charge in [0, 0.05) is 5.69 Å². The molecule has 0 spiro atoms. The number of esters is 1. The average molecular weight is 392 g/mol. The molecule has 2 amide bonds. The number of anilines is 2. The van der Waals surface area contributed by atoms with E-state index in [1.54, 1.807) is 30.3 Å². The summed E-state index contributed by atoms with van der Waals surface area (Å²) in [5.74, 6) is -1.57. The van der Waals surface area contributed by atoms with E-state index >= 15 is 0 Å². The van der Waals surface area contributed by atoms with Gasteiger partial charge in [0.1, 0.15) is 0 Å². The second-order valence-electron chi connectivity index (χ2n) is 6.35. The van der Waals surface area contributed by atoms with E-state index in [1.165, 1.54) is 18.4 Å². The maximum absolute atomic E-state index is 12.4. The molecule has 3 rings (SSSR count). The second-order valence-corrected chi connectivity index (χ2v) is 6.35. The van der Waals surface area contributed by atoms with Crippen molar-refractivity contribution in [2.75, 3.05) is 17.2 Å². The summed E-state index contributed by atoms with van der Waals surface area (Å²) in [5.41, 5.74) is 3.04. The van der Waals surface area contributed by atoms with Crippen molar-refractivity contribution in [3.05, 3.63) is 83.3 Å². The first kappa shape index (κ1) is 19.9. The van der Waals surface area contributed by atoms with Crippen LogP contribution in [0.5, 0.6) is 0 Å². The van der Waals surface area contributed by atoms with Crippen molar-refractivity contribution in [2.24, 2.45) is 0 Å². The van der Waals surface area contributed by atoms with Crippen LogP contribution in [0.15, 0.2) is 65.3 Å². The molecule has 0 saturated heterocycles. The molecule has 1 aromatic heterocycles. The zero-order valence-corrected chi connectivity index (χ0v) is 16.0. The highest BCUT2D eigenvalue weighted by atomic mass is 16.5. The summed E-state index contributed by atoms with van der Waals surface area (Å²) in [7, 11) is 0. The number of benzene rings is 2. The maximum Gasteiger partial charge on any atom is 0.340 e. The minimum absolute atomic E-state index is 0.112. The molecule has 0 aliphatic carbocycles. The quantitative estimate of drug-likeness (QED) is 0.619.